The molecule has 164 valence electrons. The third-order valence-electron chi connectivity index (χ3n) is 7.70. The van der Waals surface area contributed by atoms with E-state index in [9.17, 15) is 9.59 Å². The second-order valence-electron chi connectivity index (χ2n) is 10.1. The van der Waals surface area contributed by atoms with E-state index in [4.69, 9.17) is 4.74 Å². The van der Waals surface area contributed by atoms with Crippen molar-refractivity contribution in [1.82, 2.24) is 0 Å². The Balaban J connectivity index is 1.56. The quantitative estimate of drug-likeness (QED) is 0.437. The molecule has 2 fully saturated rings. The van der Waals surface area contributed by atoms with Gasteiger partial charge in [0.25, 0.3) is 0 Å². The molecule has 0 N–H and O–H groups in total. The van der Waals surface area contributed by atoms with Crippen LogP contribution in [0.4, 0.5) is 0 Å². The number of hydrogen-bond donors (Lipinski definition) is 0. The van der Waals surface area contributed by atoms with E-state index in [2.05, 4.69) is 45.0 Å². The molecule has 4 rings (SSSR count). The maximum atomic E-state index is 13.4. The minimum Gasteiger partial charge on any atom is -0.461 e. The third kappa shape index (κ3) is 4.46. The molecule has 31 heavy (non-hydrogen) atoms. The fourth-order valence-corrected chi connectivity index (χ4v) is 5.79. The van der Waals surface area contributed by atoms with Crippen molar-refractivity contribution in [2.75, 3.05) is 0 Å². The molecule has 0 aliphatic heterocycles. The van der Waals surface area contributed by atoms with Gasteiger partial charge in [0, 0.05) is 18.3 Å². The van der Waals surface area contributed by atoms with Crippen molar-refractivity contribution in [2.45, 2.75) is 70.3 Å². The Morgan fingerprint density at radius 1 is 0.935 bits per heavy atom. The molecule has 2 aliphatic rings. The first-order chi connectivity index (χ1) is 14.9. The van der Waals surface area contributed by atoms with Gasteiger partial charge in [-0.25, -0.2) is 0 Å². The lowest BCUT2D eigenvalue weighted by molar-refractivity contribution is -0.163. The van der Waals surface area contributed by atoms with Gasteiger partial charge < -0.3 is 4.74 Å². The summed E-state index contributed by atoms with van der Waals surface area (Å²) in [5.74, 6) is -0.264. The predicted octanol–water partition coefficient (Wildman–Crippen LogP) is 6.08. The number of Topliss-reactive ketones (excluding diaryl/α,β-unsaturated/α-hetero) is 1. The van der Waals surface area contributed by atoms with Crippen LogP contribution in [0.2, 0.25) is 0 Å². The molecular weight excluding hydrogens is 384 g/mol. The van der Waals surface area contributed by atoms with Gasteiger partial charge in [0.05, 0.1) is 0 Å². The van der Waals surface area contributed by atoms with E-state index in [1.54, 1.807) is 0 Å². The molecule has 1 unspecified atom stereocenters. The fourth-order valence-electron chi connectivity index (χ4n) is 5.79. The number of ketones is 1. The van der Waals surface area contributed by atoms with Crippen LogP contribution in [0.1, 0.15) is 69.9 Å². The van der Waals surface area contributed by atoms with Crippen LogP contribution >= 0.6 is 0 Å². The van der Waals surface area contributed by atoms with Gasteiger partial charge >= 0.3 is 5.97 Å². The van der Waals surface area contributed by atoms with Crippen LogP contribution < -0.4 is 0 Å². The van der Waals surface area contributed by atoms with Crippen LogP contribution in [-0.4, -0.2) is 17.9 Å². The Morgan fingerprint density at radius 3 is 2.26 bits per heavy atom. The van der Waals surface area contributed by atoms with Crippen LogP contribution in [-0.2, 0) is 19.7 Å². The van der Waals surface area contributed by atoms with Gasteiger partial charge in [-0.05, 0) is 41.7 Å². The zero-order valence-corrected chi connectivity index (χ0v) is 18.9. The van der Waals surface area contributed by atoms with Gasteiger partial charge in [-0.15, -0.1) is 0 Å². The fraction of sp³-hybridized carbons (Fsp3) is 0.500. The van der Waals surface area contributed by atoms with Crippen molar-refractivity contribution in [2.24, 2.45) is 17.8 Å². The van der Waals surface area contributed by atoms with Crippen molar-refractivity contribution >= 4 is 11.8 Å². The Kier molecular flexibility index (Phi) is 6.31. The molecule has 5 atom stereocenters. The van der Waals surface area contributed by atoms with Gasteiger partial charge in [0.1, 0.15) is 17.8 Å². The molecule has 3 heteroatoms. The van der Waals surface area contributed by atoms with Gasteiger partial charge in [0.2, 0.25) is 0 Å². The Bertz CT molecular complexity index is 902. The Hall–Kier alpha value is -2.42. The number of esters is 1. The number of carbonyl (C=O) groups is 2. The molecule has 2 saturated carbocycles. The first-order valence-corrected chi connectivity index (χ1v) is 11.7. The molecule has 0 spiro atoms. The first kappa shape index (κ1) is 21.8. The zero-order valence-electron chi connectivity index (χ0n) is 18.9. The normalized spacial score (nSPS) is 29.0. The number of rotatable bonds is 5. The minimum absolute atomic E-state index is 0.0292. The van der Waals surface area contributed by atoms with Crippen LogP contribution in [0.5, 0.6) is 0 Å². The highest BCUT2D eigenvalue weighted by molar-refractivity contribution is 6.01. The van der Waals surface area contributed by atoms with Gasteiger partial charge in [-0.2, -0.15) is 0 Å². The smallest absolute Gasteiger partial charge is 0.317 e. The summed E-state index contributed by atoms with van der Waals surface area (Å²) in [5.41, 5.74) is 2.23. The summed E-state index contributed by atoms with van der Waals surface area (Å²) in [4.78, 5) is 26.1. The van der Waals surface area contributed by atoms with Gasteiger partial charge in [0.15, 0.2) is 0 Å². The molecular formula is C28H34O3. The first-order valence-electron chi connectivity index (χ1n) is 11.7. The molecule has 2 aromatic rings. The lowest BCUT2D eigenvalue weighted by atomic mass is 9.64. The van der Waals surface area contributed by atoms with E-state index in [0.717, 1.165) is 31.2 Å². The largest absolute Gasteiger partial charge is 0.461 e. The van der Waals surface area contributed by atoms with Crippen LogP contribution in [0, 0.1) is 17.8 Å². The molecule has 0 amide bonds. The summed E-state index contributed by atoms with van der Waals surface area (Å²) in [5, 5.41) is 0. The molecule has 2 aliphatic carbocycles. The van der Waals surface area contributed by atoms with Crippen molar-refractivity contribution in [3.8, 4) is 0 Å². The average molecular weight is 419 g/mol. The number of carbonyl (C=O) groups excluding carboxylic acids is 2. The monoisotopic (exact) mass is 418 g/mol. The van der Waals surface area contributed by atoms with Crippen molar-refractivity contribution in [3.05, 3.63) is 71.8 Å². The summed E-state index contributed by atoms with van der Waals surface area (Å²) in [6.45, 7) is 6.76. The van der Waals surface area contributed by atoms with E-state index in [1.807, 2.05) is 36.4 Å². The summed E-state index contributed by atoms with van der Waals surface area (Å²) in [7, 11) is 0. The minimum atomic E-state index is -0.667. The van der Waals surface area contributed by atoms with E-state index >= 15 is 0 Å². The van der Waals surface area contributed by atoms with Crippen LogP contribution in [0.15, 0.2) is 60.7 Å². The second kappa shape index (κ2) is 8.98. The molecule has 0 saturated heterocycles. The standard InChI is InChI=1S/C28H34O3/c1-19-14-16-23(28(2,3)21-12-8-5-9-13-21)25(18-19)31-27(30)26-22(15-17-24(26)29)20-10-6-4-7-11-20/h4-13,19,22-23,25-26H,14-18H2,1-3H3/t19-,22-,23-,25+,26?/m1/s1. The Morgan fingerprint density at radius 2 is 1.58 bits per heavy atom. The lowest BCUT2D eigenvalue weighted by Crippen LogP contribution is -2.44. The lowest BCUT2D eigenvalue weighted by Gasteiger charge is -2.44. The molecule has 3 nitrogen and oxygen atoms in total. The van der Waals surface area contributed by atoms with Crippen molar-refractivity contribution < 1.29 is 14.3 Å². The van der Waals surface area contributed by atoms with Crippen LogP contribution in [0.25, 0.3) is 0 Å². The maximum absolute atomic E-state index is 13.4. The Labute approximate surface area is 186 Å². The second-order valence-corrected chi connectivity index (χ2v) is 10.1. The van der Waals surface area contributed by atoms with Crippen molar-refractivity contribution in [3.63, 3.8) is 0 Å². The highest BCUT2D eigenvalue weighted by Gasteiger charge is 2.46. The highest BCUT2D eigenvalue weighted by atomic mass is 16.5. The predicted molar refractivity (Wildman–Crippen MR) is 123 cm³/mol. The van der Waals surface area contributed by atoms with E-state index in [0.29, 0.717) is 12.3 Å². The number of hydrogen-bond acceptors (Lipinski definition) is 3. The SMILES string of the molecule is C[C@@H]1CC[C@@H](C(C)(C)c2ccccc2)[C@@H](OC(=O)C2C(=O)CC[C@@H]2c2ccccc2)C1. The van der Waals surface area contributed by atoms with E-state index in [-0.39, 0.29) is 35.1 Å². The summed E-state index contributed by atoms with van der Waals surface area (Å²) in [6, 6.07) is 20.5. The number of ether oxygens (including phenoxy) is 1. The number of benzene rings is 2. The summed E-state index contributed by atoms with van der Waals surface area (Å²) >= 11 is 0. The third-order valence-corrected chi connectivity index (χ3v) is 7.70. The molecule has 0 aromatic heterocycles. The maximum Gasteiger partial charge on any atom is 0.317 e. The van der Waals surface area contributed by atoms with Gasteiger partial charge in [-0.1, -0.05) is 87.9 Å². The molecule has 2 aromatic carbocycles. The topological polar surface area (TPSA) is 43.4 Å². The average Bonchev–Trinajstić information content (AvgIpc) is 3.16. The van der Waals surface area contributed by atoms with Crippen molar-refractivity contribution in [1.29, 1.82) is 0 Å². The van der Waals surface area contributed by atoms with E-state index < -0.39 is 5.92 Å². The molecule has 0 heterocycles. The molecule has 0 radical (unpaired) electrons. The summed E-state index contributed by atoms with van der Waals surface area (Å²) in [6.07, 6.45) is 4.06. The van der Waals surface area contributed by atoms with Crippen LogP contribution in [0.3, 0.4) is 0 Å². The molecule has 0 bridgehead atoms. The van der Waals surface area contributed by atoms with E-state index in [1.165, 1.54) is 5.56 Å². The highest BCUT2D eigenvalue weighted by Crippen LogP contribution is 2.45. The zero-order chi connectivity index (χ0) is 22.0. The van der Waals surface area contributed by atoms with Gasteiger partial charge in [-0.3, -0.25) is 9.59 Å². The summed E-state index contributed by atoms with van der Waals surface area (Å²) < 4.78 is 6.23.